The van der Waals surface area contributed by atoms with E-state index in [9.17, 15) is 9.90 Å². The van der Waals surface area contributed by atoms with Gasteiger partial charge in [0, 0.05) is 12.1 Å². The highest BCUT2D eigenvalue weighted by molar-refractivity contribution is 5.79. The van der Waals surface area contributed by atoms with Gasteiger partial charge in [-0.3, -0.25) is 4.79 Å². The average molecular weight is 262 g/mol. The first-order valence-corrected chi connectivity index (χ1v) is 6.87. The number of hydrogen-bond donors (Lipinski definition) is 3. The second kappa shape index (κ2) is 6.06. The van der Waals surface area contributed by atoms with Gasteiger partial charge in [0.05, 0.1) is 6.42 Å². The number of carbonyl (C=O) groups is 1. The molecule has 3 unspecified atom stereocenters. The lowest BCUT2D eigenvalue weighted by atomic mass is 9.89. The first-order valence-electron chi connectivity index (χ1n) is 6.87. The number of hydrogen-bond acceptors (Lipinski definition) is 3. The SMILES string of the molecule is CC1CCNC(C)C1NC(=O)Cc1ccc(O)cc1. The lowest BCUT2D eigenvalue weighted by molar-refractivity contribution is -0.121. The van der Waals surface area contributed by atoms with E-state index in [4.69, 9.17) is 0 Å². The molecular weight excluding hydrogens is 240 g/mol. The molecule has 2 rings (SSSR count). The van der Waals surface area contributed by atoms with E-state index in [2.05, 4.69) is 24.5 Å². The van der Waals surface area contributed by atoms with Crippen LogP contribution in [-0.4, -0.2) is 29.6 Å². The first-order chi connectivity index (χ1) is 9.06. The number of benzene rings is 1. The van der Waals surface area contributed by atoms with Crippen molar-refractivity contribution in [2.75, 3.05) is 6.54 Å². The van der Waals surface area contributed by atoms with Crippen molar-refractivity contribution in [3.05, 3.63) is 29.8 Å². The molecule has 1 aliphatic heterocycles. The second-order valence-electron chi connectivity index (χ2n) is 5.45. The molecule has 3 atom stereocenters. The molecule has 0 bridgehead atoms. The van der Waals surface area contributed by atoms with Crippen LogP contribution in [0.2, 0.25) is 0 Å². The topological polar surface area (TPSA) is 61.4 Å². The minimum Gasteiger partial charge on any atom is -0.508 e. The minimum absolute atomic E-state index is 0.0399. The third-order valence-corrected chi connectivity index (χ3v) is 3.85. The Kier molecular flexibility index (Phi) is 4.43. The summed E-state index contributed by atoms with van der Waals surface area (Å²) in [5, 5.41) is 15.7. The van der Waals surface area contributed by atoms with Gasteiger partial charge in [-0.2, -0.15) is 0 Å². The molecule has 0 spiro atoms. The number of phenolic OH excluding ortho intramolecular Hbond substituents is 1. The molecule has 1 heterocycles. The van der Waals surface area contributed by atoms with E-state index in [-0.39, 0.29) is 17.7 Å². The third-order valence-electron chi connectivity index (χ3n) is 3.85. The molecule has 1 saturated heterocycles. The summed E-state index contributed by atoms with van der Waals surface area (Å²) >= 11 is 0. The van der Waals surface area contributed by atoms with Crippen LogP contribution in [0.3, 0.4) is 0 Å². The fraction of sp³-hybridized carbons (Fsp3) is 0.533. The average Bonchev–Trinajstić information content (AvgIpc) is 2.37. The predicted molar refractivity (Wildman–Crippen MR) is 75.0 cm³/mol. The van der Waals surface area contributed by atoms with Gasteiger partial charge in [0.25, 0.3) is 0 Å². The van der Waals surface area contributed by atoms with Gasteiger partial charge in [-0.1, -0.05) is 19.1 Å². The standard InChI is InChI=1S/C15H22N2O2/c1-10-7-8-16-11(2)15(10)17-14(19)9-12-3-5-13(18)6-4-12/h3-6,10-11,15-16,18H,7-9H2,1-2H3,(H,17,19). The quantitative estimate of drug-likeness (QED) is 0.772. The van der Waals surface area contributed by atoms with Crippen LogP contribution in [0.4, 0.5) is 0 Å². The largest absolute Gasteiger partial charge is 0.508 e. The molecule has 0 aromatic heterocycles. The van der Waals surface area contributed by atoms with E-state index in [1.807, 2.05) is 0 Å². The highest BCUT2D eigenvalue weighted by Gasteiger charge is 2.28. The van der Waals surface area contributed by atoms with E-state index in [1.165, 1.54) is 0 Å². The molecule has 1 amide bonds. The monoisotopic (exact) mass is 262 g/mol. The van der Waals surface area contributed by atoms with Crippen molar-refractivity contribution in [1.82, 2.24) is 10.6 Å². The molecule has 4 heteroatoms. The van der Waals surface area contributed by atoms with Crippen LogP contribution in [0.15, 0.2) is 24.3 Å². The number of piperidine rings is 1. The molecule has 1 fully saturated rings. The van der Waals surface area contributed by atoms with E-state index >= 15 is 0 Å². The van der Waals surface area contributed by atoms with E-state index in [1.54, 1.807) is 24.3 Å². The number of nitrogens with one attached hydrogen (secondary N) is 2. The molecule has 19 heavy (non-hydrogen) atoms. The smallest absolute Gasteiger partial charge is 0.224 e. The zero-order valence-corrected chi connectivity index (χ0v) is 11.5. The summed E-state index contributed by atoms with van der Waals surface area (Å²) in [4.78, 5) is 12.1. The zero-order chi connectivity index (χ0) is 13.8. The Bertz CT molecular complexity index is 420. The molecular formula is C15H22N2O2. The number of rotatable bonds is 3. The molecule has 1 aromatic carbocycles. The number of amides is 1. The lowest BCUT2D eigenvalue weighted by Crippen LogP contribution is -2.56. The number of aromatic hydroxyl groups is 1. The Balaban J connectivity index is 1.91. The van der Waals surface area contributed by atoms with Crippen molar-refractivity contribution in [3.63, 3.8) is 0 Å². The van der Waals surface area contributed by atoms with Crippen LogP contribution < -0.4 is 10.6 Å². The Morgan fingerprint density at radius 3 is 2.68 bits per heavy atom. The van der Waals surface area contributed by atoms with Crippen molar-refractivity contribution in [2.45, 2.75) is 38.8 Å². The van der Waals surface area contributed by atoms with Crippen LogP contribution >= 0.6 is 0 Å². The number of carbonyl (C=O) groups excluding carboxylic acids is 1. The van der Waals surface area contributed by atoms with Gasteiger partial charge in [0.15, 0.2) is 0 Å². The molecule has 0 aliphatic carbocycles. The highest BCUT2D eigenvalue weighted by atomic mass is 16.3. The molecule has 0 radical (unpaired) electrons. The Morgan fingerprint density at radius 1 is 1.37 bits per heavy atom. The summed E-state index contributed by atoms with van der Waals surface area (Å²) in [7, 11) is 0. The highest BCUT2D eigenvalue weighted by Crippen LogP contribution is 2.16. The summed E-state index contributed by atoms with van der Waals surface area (Å²) in [6, 6.07) is 7.28. The van der Waals surface area contributed by atoms with E-state index in [0.29, 0.717) is 18.4 Å². The summed E-state index contributed by atoms with van der Waals surface area (Å²) in [6.45, 7) is 5.32. The van der Waals surface area contributed by atoms with Gasteiger partial charge in [-0.15, -0.1) is 0 Å². The summed E-state index contributed by atoms with van der Waals surface area (Å²) in [6.07, 6.45) is 1.45. The Hall–Kier alpha value is -1.55. The Labute approximate surface area is 114 Å². The van der Waals surface area contributed by atoms with Crippen LogP contribution in [0, 0.1) is 5.92 Å². The normalized spacial score (nSPS) is 26.9. The zero-order valence-electron chi connectivity index (χ0n) is 11.5. The molecule has 1 aromatic rings. The van der Waals surface area contributed by atoms with Gasteiger partial charge in [-0.05, 0) is 43.5 Å². The lowest BCUT2D eigenvalue weighted by Gasteiger charge is -2.36. The van der Waals surface area contributed by atoms with E-state index in [0.717, 1.165) is 18.5 Å². The fourth-order valence-electron chi connectivity index (χ4n) is 2.64. The molecule has 4 nitrogen and oxygen atoms in total. The number of phenols is 1. The van der Waals surface area contributed by atoms with Crippen LogP contribution in [-0.2, 0) is 11.2 Å². The van der Waals surface area contributed by atoms with Gasteiger partial charge in [0.1, 0.15) is 5.75 Å². The Morgan fingerprint density at radius 2 is 2.05 bits per heavy atom. The van der Waals surface area contributed by atoms with Crippen molar-refractivity contribution < 1.29 is 9.90 Å². The molecule has 104 valence electrons. The van der Waals surface area contributed by atoms with Crippen molar-refractivity contribution >= 4 is 5.91 Å². The van der Waals surface area contributed by atoms with Crippen LogP contribution in [0.5, 0.6) is 5.75 Å². The maximum atomic E-state index is 12.1. The van der Waals surface area contributed by atoms with Gasteiger partial charge in [-0.25, -0.2) is 0 Å². The van der Waals surface area contributed by atoms with Crippen molar-refractivity contribution in [2.24, 2.45) is 5.92 Å². The van der Waals surface area contributed by atoms with Gasteiger partial charge in [0.2, 0.25) is 5.91 Å². The maximum Gasteiger partial charge on any atom is 0.224 e. The fourth-order valence-corrected chi connectivity index (χ4v) is 2.64. The summed E-state index contributed by atoms with van der Waals surface area (Å²) < 4.78 is 0. The molecule has 3 N–H and O–H groups in total. The molecule has 1 aliphatic rings. The minimum atomic E-state index is 0.0399. The van der Waals surface area contributed by atoms with Gasteiger partial charge < -0.3 is 15.7 Å². The van der Waals surface area contributed by atoms with Crippen molar-refractivity contribution in [1.29, 1.82) is 0 Å². The third kappa shape index (κ3) is 3.70. The van der Waals surface area contributed by atoms with Gasteiger partial charge >= 0.3 is 0 Å². The van der Waals surface area contributed by atoms with Crippen LogP contribution in [0.25, 0.3) is 0 Å². The first kappa shape index (κ1) is 13.9. The predicted octanol–water partition coefficient (Wildman–Crippen LogP) is 1.44. The van der Waals surface area contributed by atoms with Crippen LogP contribution in [0.1, 0.15) is 25.8 Å². The summed E-state index contributed by atoms with van der Waals surface area (Å²) in [5.74, 6) is 0.765. The summed E-state index contributed by atoms with van der Waals surface area (Å²) in [5.41, 5.74) is 0.916. The van der Waals surface area contributed by atoms with Crippen molar-refractivity contribution in [3.8, 4) is 5.75 Å². The van der Waals surface area contributed by atoms with E-state index < -0.39 is 0 Å². The second-order valence-corrected chi connectivity index (χ2v) is 5.45. The maximum absolute atomic E-state index is 12.1. The molecule has 0 saturated carbocycles.